The number of hydrogen-bond acceptors (Lipinski definition) is 8. The zero-order chi connectivity index (χ0) is 22.0. The number of ether oxygens (including phenoxy) is 2. The van der Waals surface area contributed by atoms with Crippen LogP contribution < -0.4 is 10.0 Å². The summed E-state index contributed by atoms with van der Waals surface area (Å²) in [5.74, 6) is -2.05. The van der Waals surface area contributed by atoms with Gasteiger partial charge in [-0.25, -0.2) is 17.9 Å². The number of carbonyl (C=O) groups excluding carboxylic acids is 3. The summed E-state index contributed by atoms with van der Waals surface area (Å²) >= 11 is 1.06. The molecule has 11 heteroatoms. The summed E-state index contributed by atoms with van der Waals surface area (Å²) in [5, 5.41) is 4.10. The van der Waals surface area contributed by atoms with E-state index in [2.05, 4.69) is 10.0 Å². The van der Waals surface area contributed by atoms with Gasteiger partial charge in [-0.05, 0) is 17.0 Å². The summed E-state index contributed by atoms with van der Waals surface area (Å²) < 4.78 is 35.9. The minimum atomic E-state index is -3.67. The molecule has 0 fully saturated rings. The molecule has 1 amide bonds. The number of methoxy groups -OCH3 is 1. The predicted molar refractivity (Wildman–Crippen MR) is 109 cm³/mol. The van der Waals surface area contributed by atoms with Gasteiger partial charge in [-0.3, -0.25) is 9.59 Å². The van der Waals surface area contributed by atoms with Crippen LogP contribution in [0, 0.1) is 0 Å². The number of thiophene rings is 1. The summed E-state index contributed by atoms with van der Waals surface area (Å²) in [6.45, 7) is -0.766. The van der Waals surface area contributed by atoms with Crippen molar-refractivity contribution in [2.24, 2.45) is 0 Å². The van der Waals surface area contributed by atoms with Crippen LogP contribution in [-0.4, -0.2) is 52.6 Å². The monoisotopic (exact) mass is 454 g/mol. The molecule has 162 valence electrons. The van der Waals surface area contributed by atoms with E-state index in [1.54, 1.807) is 35.7 Å². The largest absolute Gasteiger partial charge is 0.467 e. The van der Waals surface area contributed by atoms with E-state index in [0.29, 0.717) is 0 Å². The van der Waals surface area contributed by atoms with Crippen LogP contribution in [0.25, 0.3) is 0 Å². The van der Waals surface area contributed by atoms with Crippen molar-refractivity contribution in [2.75, 3.05) is 20.3 Å². The third-order valence-corrected chi connectivity index (χ3v) is 6.71. The van der Waals surface area contributed by atoms with Crippen LogP contribution in [0.1, 0.15) is 12.0 Å². The number of hydrogen-bond donors (Lipinski definition) is 2. The number of benzene rings is 1. The second-order valence-electron chi connectivity index (χ2n) is 6.07. The van der Waals surface area contributed by atoms with Gasteiger partial charge in [-0.2, -0.15) is 0 Å². The Morgan fingerprint density at radius 1 is 1.10 bits per heavy atom. The van der Waals surface area contributed by atoms with Crippen molar-refractivity contribution in [3.05, 3.63) is 53.4 Å². The quantitative estimate of drug-likeness (QED) is 0.482. The second kappa shape index (κ2) is 11.4. The summed E-state index contributed by atoms with van der Waals surface area (Å²) in [6, 6.07) is 11.2. The zero-order valence-electron chi connectivity index (χ0n) is 16.2. The summed E-state index contributed by atoms with van der Waals surface area (Å²) in [5.41, 5.74) is 0.822. The molecule has 0 aliphatic rings. The fourth-order valence-electron chi connectivity index (χ4n) is 2.41. The molecule has 0 aliphatic heterocycles. The van der Waals surface area contributed by atoms with E-state index in [4.69, 9.17) is 9.47 Å². The molecule has 1 heterocycles. The van der Waals surface area contributed by atoms with E-state index in [9.17, 15) is 22.8 Å². The van der Waals surface area contributed by atoms with Gasteiger partial charge in [0.25, 0.3) is 5.91 Å². The van der Waals surface area contributed by atoms with Crippen LogP contribution in [-0.2, 0) is 40.3 Å². The van der Waals surface area contributed by atoms with Crippen LogP contribution in [0.5, 0.6) is 0 Å². The van der Waals surface area contributed by atoms with Gasteiger partial charge in [0.05, 0.1) is 13.5 Å². The molecule has 2 N–H and O–H groups in total. The molecule has 0 saturated heterocycles. The van der Waals surface area contributed by atoms with Crippen molar-refractivity contribution in [1.29, 1.82) is 0 Å². The molecule has 1 atom stereocenters. The van der Waals surface area contributed by atoms with Gasteiger partial charge in [0.1, 0.15) is 10.3 Å². The van der Waals surface area contributed by atoms with Crippen LogP contribution in [0.4, 0.5) is 0 Å². The Hall–Kier alpha value is -2.76. The van der Waals surface area contributed by atoms with E-state index in [-0.39, 0.29) is 23.6 Å². The highest BCUT2D eigenvalue weighted by Gasteiger charge is 2.22. The molecule has 0 bridgehead atoms. The van der Waals surface area contributed by atoms with Crippen molar-refractivity contribution < 1.29 is 32.3 Å². The summed E-state index contributed by atoms with van der Waals surface area (Å²) in [6.07, 6.45) is -0.0277. The highest BCUT2D eigenvalue weighted by molar-refractivity contribution is 7.91. The molecule has 1 aromatic carbocycles. The molecule has 1 unspecified atom stereocenters. The van der Waals surface area contributed by atoms with Gasteiger partial charge < -0.3 is 14.8 Å². The third kappa shape index (κ3) is 7.58. The number of rotatable bonds is 11. The Bertz CT molecular complexity index is 945. The first-order chi connectivity index (χ1) is 14.3. The maximum atomic E-state index is 12.1. The van der Waals surface area contributed by atoms with E-state index >= 15 is 0 Å². The summed E-state index contributed by atoms with van der Waals surface area (Å²) in [7, 11) is -2.46. The molecule has 0 saturated carbocycles. The first kappa shape index (κ1) is 23.5. The zero-order valence-corrected chi connectivity index (χ0v) is 17.8. The number of amides is 1. The smallest absolute Gasteiger partial charge is 0.328 e. The highest BCUT2D eigenvalue weighted by Crippen LogP contribution is 2.15. The van der Waals surface area contributed by atoms with Crippen molar-refractivity contribution in [3.63, 3.8) is 0 Å². The molecule has 9 nitrogen and oxygen atoms in total. The molecule has 2 rings (SSSR count). The van der Waals surface area contributed by atoms with Gasteiger partial charge in [0.15, 0.2) is 6.61 Å². The molecule has 0 radical (unpaired) electrons. The Morgan fingerprint density at radius 2 is 1.83 bits per heavy atom. The van der Waals surface area contributed by atoms with Gasteiger partial charge in [0, 0.05) is 13.0 Å². The topological polar surface area (TPSA) is 128 Å². The maximum Gasteiger partial charge on any atom is 0.328 e. The summed E-state index contributed by atoms with van der Waals surface area (Å²) in [4.78, 5) is 35.7. The van der Waals surface area contributed by atoms with Crippen LogP contribution >= 0.6 is 11.3 Å². The van der Waals surface area contributed by atoms with E-state index < -0.39 is 40.5 Å². The fraction of sp³-hybridized carbons (Fsp3) is 0.316. The van der Waals surface area contributed by atoms with Crippen LogP contribution in [0.15, 0.2) is 52.1 Å². The Morgan fingerprint density at radius 3 is 2.47 bits per heavy atom. The van der Waals surface area contributed by atoms with Gasteiger partial charge >= 0.3 is 11.9 Å². The minimum Gasteiger partial charge on any atom is -0.467 e. The van der Waals surface area contributed by atoms with Crippen molar-refractivity contribution in [2.45, 2.75) is 23.1 Å². The lowest BCUT2D eigenvalue weighted by molar-refractivity contribution is -0.150. The van der Waals surface area contributed by atoms with Crippen LogP contribution in [0.3, 0.4) is 0 Å². The molecule has 0 aliphatic carbocycles. The van der Waals surface area contributed by atoms with E-state index in [0.717, 1.165) is 16.9 Å². The average Bonchev–Trinajstić information content (AvgIpc) is 3.28. The maximum absolute atomic E-state index is 12.1. The van der Waals surface area contributed by atoms with Crippen molar-refractivity contribution in [3.8, 4) is 0 Å². The Balaban J connectivity index is 1.76. The number of carbonyl (C=O) groups is 3. The number of nitrogens with one attached hydrogen (secondary N) is 2. The van der Waals surface area contributed by atoms with E-state index in [1.165, 1.54) is 13.2 Å². The van der Waals surface area contributed by atoms with Gasteiger partial charge in [-0.1, -0.05) is 36.4 Å². The van der Waals surface area contributed by atoms with Crippen molar-refractivity contribution >= 4 is 39.2 Å². The molecular formula is C19H22N2O7S2. The van der Waals surface area contributed by atoms with Gasteiger partial charge in [-0.15, -0.1) is 11.3 Å². The number of esters is 2. The molecule has 0 spiro atoms. The lowest BCUT2D eigenvalue weighted by Gasteiger charge is -2.16. The first-order valence-corrected chi connectivity index (χ1v) is 11.3. The second-order valence-corrected chi connectivity index (χ2v) is 9.02. The first-order valence-electron chi connectivity index (χ1n) is 8.91. The lowest BCUT2D eigenvalue weighted by atomic mass is 10.1. The third-order valence-electron chi connectivity index (χ3n) is 3.85. The molecule has 30 heavy (non-hydrogen) atoms. The predicted octanol–water partition coefficient (Wildman–Crippen LogP) is 0.860. The van der Waals surface area contributed by atoms with E-state index in [1.807, 2.05) is 6.07 Å². The number of sulfonamides is 1. The van der Waals surface area contributed by atoms with Crippen molar-refractivity contribution in [1.82, 2.24) is 10.0 Å². The highest BCUT2D eigenvalue weighted by atomic mass is 32.2. The fourth-order valence-corrected chi connectivity index (χ4v) is 4.48. The molecule has 2 aromatic rings. The van der Waals surface area contributed by atoms with Crippen LogP contribution in [0.2, 0.25) is 0 Å². The Kier molecular flexibility index (Phi) is 8.96. The minimum absolute atomic E-state index is 0.141. The standard InChI is InChI=1S/C19H22N2O7S2/c1-27-19(24)15(12-14-6-3-2-4-7-14)21-16(22)13-28-17(23)9-10-20-30(25,26)18-8-5-11-29-18/h2-8,11,15,20H,9-10,12-13H2,1H3,(H,21,22). The Labute approximate surface area is 178 Å². The lowest BCUT2D eigenvalue weighted by Crippen LogP contribution is -2.44. The normalized spacial score (nSPS) is 12.0. The SMILES string of the molecule is COC(=O)C(Cc1ccccc1)NC(=O)COC(=O)CCNS(=O)(=O)c1cccs1. The average molecular weight is 455 g/mol. The van der Waals surface area contributed by atoms with Gasteiger partial charge in [0.2, 0.25) is 10.0 Å². The molecule has 1 aromatic heterocycles. The molecular weight excluding hydrogens is 432 g/mol.